The van der Waals surface area contributed by atoms with E-state index in [-0.39, 0.29) is 0 Å². The number of hydrogen-bond acceptors (Lipinski definition) is 2. The standard InChI is InChI=1S/C8H10O2/c1-7(6-9-2)8-4-3-5-10-8/h3-5H,1,6H2,2H3. The van der Waals surface area contributed by atoms with Gasteiger partial charge in [0.25, 0.3) is 0 Å². The van der Waals surface area contributed by atoms with Crippen molar-refractivity contribution in [2.45, 2.75) is 0 Å². The maximum Gasteiger partial charge on any atom is 0.131 e. The van der Waals surface area contributed by atoms with Crippen LogP contribution >= 0.6 is 0 Å². The molecule has 0 aliphatic heterocycles. The average molecular weight is 138 g/mol. The molecule has 0 bridgehead atoms. The highest BCUT2D eigenvalue weighted by Crippen LogP contribution is 2.11. The first-order valence-electron chi connectivity index (χ1n) is 3.05. The van der Waals surface area contributed by atoms with Gasteiger partial charge in [-0.3, -0.25) is 0 Å². The average Bonchev–Trinajstić information content (AvgIpc) is 2.38. The van der Waals surface area contributed by atoms with Crippen LogP contribution in [0.15, 0.2) is 29.4 Å². The summed E-state index contributed by atoms with van der Waals surface area (Å²) in [6.45, 7) is 4.29. The minimum atomic E-state index is 0.521. The van der Waals surface area contributed by atoms with Gasteiger partial charge in [-0.15, -0.1) is 0 Å². The third kappa shape index (κ3) is 1.48. The quantitative estimate of drug-likeness (QED) is 0.636. The smallest absolute Gasteiger partial charge is 0.131 e. The number of methoxy groups -OCH3 is 1. The molecule has 0 aliphatic carbocycles. The van der Waals surface area contributed by atoms with E-state index in [2.05, 4.69) is 6.58 Å². The van der Waals surface area contributed by atoms with Gasteiger partial charge in [-0.2, -0.15) is 0 Å². The van der Waals surface area contributed by atoms with Gasteiger partial charge in [-0.25, -0.2) is 0 Å². The van der Waals surface area contributed by atoms with E-state index in [1.54, 1.807) is 13.4 Å². The Morgan fingerprint density at radius 1 is 1.80 bits per heavy atom. The van der Waals surface area contributed by atoms with Crippen LogP contribution < -0.4 is 0 Å². The summed E-state index contributed by atoms with van der Waals surface area (Å²) < 4.78 is 9.94. The summed E-state index contributed by atoms with van der Waals surface area (Å²) in [5.41, 5.74) is 0.868. The molecule has 0 fully saturated rings. The zero-order valence-corrected chi connectivity index (χ0v) is 5.96. The van der Waals surface area contributed by atoms with Crippen molar-refractivity contribution in [2.75, 3.05) is 13.7 Å². The Hall–Kier alpha value is -1.02. The summed E-state index contributed by atoms with van der Waals surface area (Å²) >= 11 is 0. The lowest BCUT2D eigenvalue weighted by atomic mass is 10.2. The zero-order chi connectivity index (χ0) is 7.40. The van der Waals surface area contributed by atoms with Gasteiger partial charge in [0, 0.05) is 12.7 Å². The number of hydrogen-bond donors (Lipinski definition) is 0. The lowest BCUT2D eigenvalue weighted by molar-refractivity contribution is 0.238. The molecule has 2 heteroatoms. The van der Waals surface area contributed by atoms with Crippen molar-refractivity contribution in [1.29, 1.82) is 0 Å². The summed E-state index contributed by atoms with van der Waals surface area (Å²) in [6.07, 6.45) is 1.62. The van der Waals surface area contributed by atoms with Gasteiger partial charge in [-0.1, -0.05) is 6.58 Å². The molecule has 1 aromatic heterocycles. The van der Waals surface area contributed by atoms with Gasteiger partial charge in [0.2, 0.25) is 0 Å². The molecule has 0 unspecified atom stereocenters. The summed E-state index contributed by atoms with van der Waals surface area (Å²) in [5, 5.41) is 0. The molecular weight excluding hydrogens is 128 g/mol. The second-order valence-electron chi connectivity index (χ2n) is 2.01. The van der Waals surface area contributed by atoms with Crippen LogP contribution in [0, 0.1) is 0 Å². The van der Waals surface area contributed by atoms with Crippen LogP contribution in [0.2, 0.25) is 0 Å². The van der Waals surface area contributed by atoms with Crippen molar-refractivity contribution in [3.05, 3.63) is 30.7 Å². The molecule has 0 aromatic carbocycles. The van der Waals surface area contributed by atoms with Crippen molar-refractivity contribution in [3.63, 3.8) is 0 Å². The fourth-order valence-electron chi connectivity index (χ4n) is 0.725. The van der Waals surface area contributed by atoms with E-state index < -0.39 is 0 Å². The molecule has 0 aliphatic rings. The molecule has 0 spiro atoms. The predicted octanol–water partition coefficient (Wildman–Crippen LogP) is 1.94. The molecule has 1 aromatic rings. The van der Waals surface area contributed by atoms with Gasteiger partial charge < -0.3 is 9.15 Å². The van der Waals surface area contributed by atoms with E-state index >= 15 is 0 Å². The summed E-state index contributed by atoms with van der Waals surface area (Å²) in [6, 6.07) is 3.69. The Balaban J connectivity index is 2.59. The molecule has 0 N–H and O–H groups in total. The fourth-order valence-corrected chi connectivity index (χ4v) is 0.725. The predicted molar refractivity (Wildman–Crippen MR) is 39.6 cm³/mol. The van der Waals surface area contributed by atoms with E-state index in [0.29, 0.717) is 6.61 Å². The van der Waals surface area contributed by atoms with Crippen molar-refractivity contribution < 1.29 is 9.15 Å². The lowest BCUT2D eigenvalue weighted by Gasteiger charge is -1.97. The molecule has 0 amide bonds. The van der Waals surface area contributed by atoms with Crippen molar-refractivity contribution in [3.8, 4) is 0 Å². The first-order chi connectivity index (χ1) is 4.84. The Morgan fingerprint density at radius 2 is 2.60 bits per heavy atom. The highest BCUT2D eigenvalue weighted by atomic mass is 16.5. The van der Waals surface area contributed by atoms with Crippen LogP contribution in [0.3, 0.4) is 0 Å². The fraction of sp³-hybridized carbons (Fsp3) is 0.250. The molecule has 10 heavy (non-hydrogen) atoms. The number of furan rings is 1. The highest BCUT2D eigenvalue weighted by molar-refractivity contribution is 5.59. The molecule has 1 rings (SSSR count). The Labute approximate surface area is 60.1 Å². The number of ether oxygens (including phenoxy) is 1. The van der Waals surface area contributed by atoms with Crippen LogP contribution in [0.4, 0.5) is 0 Å². The van der Waals surface area contributed by atoms with E-state index in [0.717, 1.165) is 11.3 Å². The first-order valence-corrected chi connectivity index (χ1v) is 3.05. The summed E-state index contributed by atoms with van der Waals surface area (Å²) in [5.74, 6) is 0.793. The van der Waals surface area contributed by atoms with Crippen LogP contribution in [0.5, 0.6) is 0 Å². The third-order valence-corrected chi connectivity index (χ3v) is 1.19. The molecule has 0 saturated heterocycles. The van der Waals surface area contributed by atoms with Gasteiger partial charge in [0.1, 0.15) is 5.76 Å². The maximum absolute atomic E-state index is 5.07. The zero-order valence-electron chi connectivity index (χ0n) is 5.96. The molecule has 0 radical (unpaired) electrons. The second kappa shape index (κ2) is 3.22. The summed E-state index contributed by atoms with van der Waals surface area (Å²) in [7, 11) is 1.63. The molecule has 54 valence electrons. The molecule has 0 saturated carbocycles. The van der Waals surface area contributed by atoms with E-state index in [1.807, 2.05) is 12.1 Å². The lowest BCUT2D eigenvalue weighted by Crippen LogP contribution is -1.89. The van der Waals surface area contributed by atoms with Crippen LogP contribution in [-0.2, 0) is 4.74 Å². The Bertz CT molecular complexity index is 199. The molecule has 0 atom stereocenters. The highest BCUT2D eigenvalue weighted by Gasteiger charge is 1.98. The van der Waals surface area contributed by atoms with E-state index in [1.165, 1.54) is 0 Å². The van der Waals surface area contributed by atoms with Gasteiger partial charge in [0.05, 0.1) is 12.9 Å². The maximum atomic E-state index is 5.07. The molecular formula is C8H10O2. The van der Waals surface area contributed by atoms with Crippen LogP contribution in [0.1, 0.15) is 5.76 Å². The minimum Gasteiger partial charge on any atom is -0.465 e. The van der Waals surface area contributed by atoms with Crippen molar-refractivity contribution in [1.82, 2.24) is 0 Å². The monoisotopic (exact) mass is 138 g/mol. The topological polar surface area (TPSA) is 22.4 Å². The van der Waals surface area contributed by atoms with Crippen molar-refractivity contribution in [2.24, 2.45) is 0 Å². The minimum absolute atomic E-state index is 0.521. The Morgan fingerprint density at radius 3 is 3.10 bits per heavy atom. The van der Waals surface area contributed by atoms with Gasteiger partial charge in [0.15, 0.2) is 0 Å². The molecule has 2 nitrogen and oxygen atoms in total. The SMILES string of the molecule is C=C(COC)c1ccco1. The molecule has 1 heterocycles. The van der Waals surface area contributed by atoms with E-state index in [9.17, 15) is 0 Å². The van der Waals surface area contributed by atoms with Crippen molar-refractivity contribution >= 4 is 5.57 Å². The number of rotatable bonds is 3. The second-order valence-corrected chi connectivity index (χ2v) is 2.01. The normalized spacial score (nSPS) is 9.70. The van der Waals surface area contributed by atoms with Crippen LogP contribution in [0.25, 0.3) is 5.57 Å². The first kappa shape index (κ1) is 7.09. The van der Waals surface area contributed by atoms with Crippen LogP contribution in [-0.4, -0.2) is 13.7 Å². The van der Waals surface area contributed by atoms with Gasteiger partial charge >= 0.3 is 0 Å². The third-order valence-electron chi connectivity index (χ3n) is 1.19. The Kier molecular flexibility index (Phi) is 2.29. The summed E-state index contributed by atoms with van der Waals surface area (Å²) in [4.78, 5) is 0. The van der Waals surface area contributed by atoms with Gasteiger partial charge in [-0.05, 0) is 12.1 Å². The van der Waals surface area contributed by atoms with E-state index in [4.69, 9.17) is 9.15 Å². The largest absolute Gasteiger partial charge is 0.465 e.